The first kappa shape index (κ1) is 13.2. The SMILES string of the molecule is COC(=O)CC(CBr)Cc1cccc(F)c1. The van der Waals surface area contributed by atoms with E-state index in [4.69, 9.17) is 0 Å². The van der Waals surface area contributed by atoms with Gasteiger partial charge in [0, 0.05) is 11.8 Å². The van der Waals surface area contributed by atoms with Crippen LogP contribution in [0.2, 0.25) is 0 Å². The number of halogens is 2. The molecule has 1 atom stereocenters. The van der Waals surface area contributed by atoms with Crippen LogP contribution < -0.4 is 0 Å². The third kappa shape index (κ3) is 4.31. The number of alkyl halides is 1. The molecule has 16 heavy (non-hydrogen) atoms. The zero-order valence-corrected chi connectivity index (χ0v) is 10.7. The van der Waals surface area contributed by atoms with Crippen LogP contribution in [0.5, 0.6) is 0 Å². The minimum atomic E-state index is -0.246. The van der Waals surface area contributed by atoms with Gasteiger partial charge in [-0.15, -0.1) is 0 Å². The summed E-state index contributed by atoms with van der Waals surface area (Å²) in [4.78, 5) is 11.1. The lowest BCUT2D eigenvalue weighted by Gasteiger charge is -2.12. The van der Waals surface area contributed by atoms with E-state index >= 15 is 0 Å². The van der Waals surface area contributed by atoms with Gasteiger partial charge in [0.2, 0.25) is 0 Å². The Hall–Kier alpha value is -0.900. The lowest BCUT2D eigenvalue weighted by atomic mass is 9.98. The van der Waals surface area contributed by atoms with Gasteiger partial charge in [0.25, 0.3) is 0 Å². The minimum Gasteiger partial charge on any atom is -0.469 e. The summed E-state index contributed by atoms with van der Waals surface area (Å²) in [5.74, 6) is -0.348. The van der Waals surface area contributed by atoms with Crippen LogP contribution in [-0.2, 0) is 16.0 Å². The fourth-order valence-electron chi connectivity index (χ4n) is 1.50. The van der Waals surface area contributed by atoms with Crippen molar-refractivity contribution in [2.75, 3.05) is 12.4 Å². The highest BCUT2D eigenvalue weighted by atomic mass is 79.9. The highest BCUT2D eigenvalue weighted by Gasteiger charge is 2.14. The van der Waals surface area contributed by atoms with Crippen molar-refractivity contribution in [2.24, 2.45) is 5.92 Å². The van der Waals surface area contributed by atoms with Crippen LogP contribution in [-0.4, -0.2) is 18.4 Å². The molecule has 0 fully saturated rings. The van der Waals surface area contributed by atoms with Crippen LogP contribution in [0.4, 0.5) is 4.39 Å². The number of hydrogen-bond donors (Lipinski definition) is 0. The van der Waals surface area contributed by atoms with Gasteiger partial charge in [-0.3, -0.25) is 4.79 Å². The molecule has 1 aromatic carbocycles. The maximum atomic E-state index is 12.9. The first-order chi connectivity index (χ1) is 7.65. The predicted octanol–water partition coefficient (Wildman–Crippen LogP) is 2.94. The second kappa shape index (κ2) is 6.63. The van der Waals surface area contributed by atoms with Gasteiger partial charge in [0.15, 0.2) is 0 Å². The van der Waals surface area contributed by atoms with E-state index in [1.54, 1.807) is 6.07 Å². The van der Waals surface area contributed by atoms with Crippen molar-refractivity contribution in [3.8, 4) is 0 Å². The number of carbonyl (C=O) groups excluding carboxylic acids is 1. The Morgan fingerprint density at radius 1 is 1.56 bits per heavy atom. The van der Waals surface area contributed by atoms with E-state index in [-0.39, 0.29) is 17.7 Å². The second-order valence-electron chi connectivity index (χ2n) is 3.63. The summed E-state index contributed by atoms with van der Waals surface area (Å²) >= 11 is 3.35. The van der Waals surface area contributed by atoms with Crippen molar-refractivity contribution in [3.05, 3.63) is 35.6 Å². The lowest BCUT2D eigenvalue weighted by molar-refractivity contribution is -0.141. The molecule has 1 aromatic rings. The highest BCUT2D eigenvalue weighted by molar-refractivity contribution is 9.09. The molecule has 0 N–H and O–H groups in total. The number of methoxy groups -OCH3 is 1. The standard InChI is InChI=1S/C12H14BrFO2/c1-16-12(15)7-10(8-13)5-9-3-2-4-11(14)6-9/h2-4,6,10H,5,7-8H2,1H3. The Balaban J connectivity index is 2.59. The molecule has 0 aliphatic carbocycles. The summed E-state index contributed by atoms with van der Waals surface area (Å²) in [7, 11) is 1.37. The lowest BCUT2D eigenvalue weighted by Crippen LogP contribution is -2.13. The molecule has 2 nitrogen and oxygen atoms in total. The van der Waals surface area contributed by atoms with E-state index in [1.165, 1.54) is 19.2 Å². The quantitative estimate of drug-likeness (QED) is 0.615. The summed E-state index contributed by atoms with van der Waals surface area (Å²) in [5, 5.41) is 0.693. The fourth-order valence-corrected chi connectivity index (χ4v) is 1.96. The van der Waals surface area contributed by atoms with E-state index in [2.05, 4.69) is 20.7 Å². The van der Waals surface area contributed by atoms with Crippen molar-refractivity contribution in [1.29, 1.82) is 0 Å². The molecular weight excluding hydrogens is 275 g/mol. The number of carbonyl (C=O) groups is 1. The second-order valence-corrected chi connectivity index (χ2v) is 4.28. The topological polar surface area (TPSA) is 26.3 Å². The van der Waals surface area contributed by atoms with Gasteiger partial charge in [-0.05, 0) is 30.0 Å². The van der Waals surface area contributed by atoms with Crippen molar-refractivity contribution in [3.63, 3.8) is 0 Å². The third-order valence-corrected chi connectivity index (χ3v) is 3.23. The fraction of sp³-hybridized carbons (Fsp3) is 0.417. The molecule has 0 saturated carbocycles. The number of hydrogen-bond acceptors (Lipinski definition) is 2. The van der Waals surface area contributed by atoms with E-state index < -0.39 is 0 Å². The molecule has 1 rings (SSSR count). The molecule has 0 aliphatic heterocycles. The minimum absolute atomic E-state index is 0.134. The monoisotopic (exact) mass is 288 g/mol. The Kier molecular flexibility index (Phi) is 5.46. The summed E-state index contributed by atoms with van der Waals surface area (Å²) < 4.78 is 17.6. The molecule has 0 spiro atoms. The maximum Gasteiger partial charge on any atom is 0.305 e. The maximum absolute atomic E-state index is 12.9. The molecule has 88 valence electrons. The van der Waals surface area contributed by atoms with Crippen LogP contribution in [0, 0.1) is 11.7 Å². The van der Waals surface area contributed by atoms with Gasteiger partial charge in [0.1, 0.15) is 5.82 Å². The summed E-state index contributed by atoms with van der Waals surface area (Å²) in [6.07, 6.45) is 1.01. The van der Waals surface area contributed by atoms with Crippen molar-refractivity contribution >= 4 is 21.9 Å². The summed E-state index contributed by atoms with van der Waals surface area (Å²) in [6, 6.07) is 6.43. The molecule has 0 bridgehead atoms. The van der Waals surface area contributed by atoms with E-state index in [1.807, 2.05) is 6.07 Å². The van der Waals surface area contributed by atoms with Crippen LogP contribution in [0.1, 0.15) is 12.0 Å². The molecule has 0 amide bonds. The Morgan fingerprint density at radius 3 is 2.88 bits per heavy atom. The van der Waals surface area contributed by atoms with Gasteiger partial charge in [0.05, 0.1) is 7.11 Å². The summed E-state index contributed by atoms with van der Waals surface area (Å²) in [6.45, 7) is 0. The average Bonchev–Trinajstić information content (AvgIpc) is 2.28. The molecule has 4 heteroatoms. The van der Waals surface area contributed by atoms with Crippen molar-refractivity contribution in [2.45, 2.75) is 12.8 Å². The molecule has 0 heterocycles. The zero-order chi connectivity index (χ0) is 12.0. The number of esters is 1. The van der Waals surface area contributed by atoms with Gasteiger partial charge in [-0.1, -0.05) is 28.1 Å². The molecule has 0 saturated heterocycles. The average molecular weight is 289 g/mol. The Labute approximate surface area is 103 Å². The van der Waals surface area contributed by atoms with E-state index in [0.29, 0.717) is 18.2 Å². The number of benzene rings is 1. The smallest absolute Gasteiger partial charge is 0.305 e. The van der Waals surface area contributed by atoms with Gasteiger partial charge >= 0.3 is 5.97 Å². The molecular formula is C12H14BrFO2. The van der Waals surface area contributed by atoms with Gasteiger partial charge in [-0.25, -0.2) is 4.39 Å². The molecule has 0 radical (unpaired) electrons. The first-order valence-electron chi connectivity index (χ1n) is 5.03. The van der Waals surface area contributed by atoms with Crippen LogP contribution in [0.15, 0.2) is 24.3 Å². The summed E-state index contributed by atoms with van der Waals surface area (Å²) in [5.41, 5.74) is 0.897. The highest BCUT2D eigenvalue weighted by Crippen LogP contribution is 2.16. The molecule has 1 unspecified atom stereocenters. The largest absolute Gasteiger partial charge is 0.469 e. The van der Waals surface area contributed by atoms with Crippen molar-refractivity contribution in [1.82, 2.24) is 0 Å². The Morgan fingerprint density at radius 2 is 2.31 bits per heavy atom. The van der Waals surface area contributed by atoms with Crippen LogP contribution in [0.25, 0.3) is 0 Å². The normalized spacial score (nSPS) is 12.2. The van der Waals surface area contributed by atoms with Crippen LogP contribution in [0.3, 0.4) is 0 Å². The number of rotatable bonds is 5. The van der Waals surface area contributed by atoms with Crippen molar-refractivity contribution < 1.29 is 13.9 Å². The molecule has 0 aliphatic rings. The zero-order valence-electron chi connectivity index (χ0n) is 9.08. The van der Waals surface area contributed by atoms with Crippen LogP contribution >= 0.6 is 15.9 Å². The molecule has 0 aromatic heterocycles. The Bertz CT molecular complexity index is 355. The van der Waals surface area contributed by atoms with E-state index in [0.717, 1.165) is 5.56 Å². The van der Waals surface area contributed by atoms with E-state index in [9.17, 15) is 9.18 Å². The van der Waals surface area contributed by atoms with Gasteiger partial charge < -0.3 is 4.74 Å². The first-order valence-corrected chi connectivity index (χ1v) is 6.15. The van der Waals surface area contributed by atoms with Gasteiger partial charge in [-0.2, -0.15) is 0 Å². The predicted molar refractivity (Wildman–Crippen MR) is 64.0 cm³/mol. The third-order valence-electron chi connectivity index (χ3n) is 2.31. The number of ether oxygens (including phenoxy) is 1.